The normalized spacial score (nSPS) is 11.1. The Hall–Kier alpha value is -2.50. The zero-order valence-corrected chi connectivity index (χ0v) is 11.8. The highest BCUT2D eigenvalue weighted by atomic mass is 19.1. The number of hydrogen-bond acceptors (Lipinski definition) is 4. The van der Waals surface area contributed by atoms with E-state index >= 15 is 0 Å². The molecule has 2 N–H and O–H groups in total. The Morgan fingerprint density at radius 2 is 2.14 bits per heavy atom. The number of benzene rings is 1. The molecule has 0 radical (unpaired) electrons. The summed E-state index contributed by atoms with van der Waals surface area (Å²) in [5, 5.41) is 8.52. The molecule has 3 rings (SSSR count). The molecule has 0 fully saturated rings. The summed E-state index contributed by atoms with van der Waals surface area (Å²) in [6.07, 6.45) is 3.43. The lowest BCUT2D eigenvalue weighted by Crippen LogP contribution is -2.08. The summed E-state index contributed by atoms with van der Waals surface area (Å²) < 4.78 is 15.6. The summed E-state index contributed by atoms with van der Waals surface area (Å²) in [4.78, 5) is 4.29. The average Bonchev–Trinajstić information content (AvgIpc) is 2.84. The number of fused-ring (bicyclic) bond motifs is 1. The SMILES string of the molecule is CCCc1c(N)nnn1Cc1ccc(F)c2cccnc12. The second-order valence-corrected chi connectivity index (χ2v) is 4.94. The van der Waals surface area contributed by atoms with Crippen molar-refractivity contribution < 1.29 is 4.39 Å². The zero-order valence-electron chi connectivity index (χ0n) is 11.8. The van der Waals surface area contributed by atoms with Gasteiger partial charge in [-0.15, -0.1) is 5.10 Å². The van der Waals surface area contributed by atoms with E-state index in [4.69, 9.17) is 5.73 Å². The Morgan fingerprint density at radius 3 is 2.95 bits per heavy atom. The molecule has 108 valence electrons. The van der Waals surface area contributed by atoms with Gasteiger partial charge in [0.25, 0.3) is 0 Å². The minimum absolute atomic E-state index is 0.270. The number of nitrogens with zero attached hydrogens (tertiary/aromatic N) is 4. The van der Waals surface area contributed by atoms with E-state index in [2.05, 4.69) is 22.2 Å². The Bertz CT molecular complexity index is 781. The van der Waals surface area contributed by atoms with Crippen LogP contribution in [0.3, 0.4) is 0 Å². The molecular formula is C15H16FN5. The quantitative estimate of drug-likeness (QED) is 0.799. The molecule has 0 bridgehead atoms. The number of pyridine rings is 1. The molecule has 0 unspecified atom stereocenters. The Balaban J connectivity index is 2.05. The fraction of sp³-hybridized carbons (Fsp3) is 0.267. The Labute approximate surface area is 121 Å². The molecule has 21 heavy (non-hydrogen) atoms. The molecule has 0 aliphatic carbocycles. The van der Waals surface area contributed by atoms with E-state index in [0.29, 0.717) is 23.3 Å². The zero-order chi connectivity index (χ0) is 14.8. The van der Waals surface area contributed by atoms with Crippen molar-refractivity contribution in [3.8, 4) is 0 Å². The van der Waals surface area contributed by atoms with Crippen LogP contribution in [0.15, 0.2) is 30.5 Å². The molecule has 2 aromatic heterocycles. The molecule has 0 aliphatic rings. The van der Waals surface area contributed by atoms with Crippen molar-refractivity contribution in [3.63, 3.8) is 0 Å². The topological polar surface area (TPSA) is 69.6 Å². The van der Waals surface area contributed by atoms with Crippen molar-refractivity contribution in [1.29, 1.82) is 0 Å². The van der Waals surface area contributed by atoms with E-state index in [-0.39, 0.29) is 5.82 Å². The van der Waals surface area contributed by atoms with Crippen LogP contribution in [0.2, 0.25) is 0 Å². The summed E-state index contributed by atoms with van der Waals surface area (Å²) in [5.74, 6) is 0.185. The predicted molar refractivity (Wildman–Crippen MR) is 79.2 cm³/mol. The smallest absolute Gasteiger partial charge is 0.169 e. The number of aromatic nitrogens is 4. The third kappa shape index (κ3) is 2.44. The first-order chi connectivity index (χ1) is 10.2. The lowest BCUT2D eigenvalue weighted by atomic mass is 10.1. The summed E-state index contributed by atoms with van der Waals surface area (Å²) in [7, 11) is 0. The van der Waals surface area contributed by atoms with Gasteiger partial charge in [-0.3, -0.25) is 4.98 Å². The van der Waals surface area contributed by atoms with E-state index < -0.39 is 0 Å². The molecule has 0 atom stereocenters. The highest BCUT2D eigenvalue weighted by Gasteiger charge is 2.12. The Kier molecular flexibility index (Phi) is 3.51. The van der Waals surface area contributed by atoms with E-state index in [1.165, 1.54) is 6.07 Å². The van der Waals surface area contributed by atoms with Gasteiger partial charge in [0.15, 0.2) is 5.82 Å². The van der Waals surface area contributed by atoms with Crippen molar-refractivity contribution in [2.24, 2.45) is 0 Å². The van der Waals surface area contributed by atoms with Gasteiger partial charge in [-0.1, -0.05) is 24.6 Å². The highest BCUT2D eigenvalue weighted by Crippen LogP contribution is 2.21. The van der Waals surface area contributed by atoms with Crippen LogP contribution in [0.1, 0.15) is 24.6 Å². The standard InChI is InChI=1S/C15H16FN5/c1-2-4-13-15(17)19-20-21(13)9-10-6-7-12(16)11-5-3-8-18-14(10)11/h3,5-8H,2,4,9,17H2,1H3. The van der Waals surface area contributed by atoms with Crippen molar-refractivity contribution in [2.75, 3.05) is 5.73 Å². The number of hydrogen-bond donors (Lipinski definition) is 1. The van der Waals surface area contributed by atoms with Gasteiger partial charge in [-0.05, 0) is 24.6 Å². The van der Waals surface area contributed by atoms with Crippen LogP contribution in [-0.4, -0.2) is 20.0 Å². The number of halogens is 1. The van der Waals surface area contributed by atoms with Crippen molar-refractivity contribution >= 4 is 16.7 Å². The molecule has 6 heteroatoms. The van der Waals surface area contributed by atoms with Crippen LogP contribution in [0.5, 0.6) is 0 Å². The van der Waals surface area contributed by atoms with Crippen molar-refractivity contribution in [3.05, 3.63) is 47.5 Å². The summed E-state index contributed by atoms with van der Waals surface area (Å²) in [6, 6.07) is 6.65. The van der Waals surface area contributed by atoms with Crippen LogP contribution in [-0.2, 0) is 13.0 Å². The second kappa shape index (κ2) is 5.47. The molecule has 0 spiro atoms. The first-order valence-electron chi connectivity index (χ1n) is 6.90. The number of nitrogen functional groups attached to an aromatic ring is 1. The van der Waals surface area contributed by atoms with E-state index in [9.17, 15) is 4.39 Å². The first-order valence-corrected chi connectivity index (χ1v) is 6.90. The molecule has 0 saturated heterocycles. The largest absolute Gasteiger partial charge is 0.381 e. The van der Waals surface area contributed by atoms with Gasteiger partial charge in [-0.25, -0.2) is 9.07 Å². The van der Waals surface area contributed by atoms with Gasteiger partial charge in [0.1, 0.15) is 5.82 Å². The molecule has 0 aliphatic heterocycles. The maximum Gasteiger partial charge on any atom is 0.169 e. The Morgan fingerprint density at radius 1 is 1.29 bits per heavy atom. The van der Waals surface area contributed by atoms with Crippen LogP contribution >= 0.6 is 0 Å². The van der Waals surface area contributed by atoms with E-state index in [1.807, 2.05) is 0 Å². The highest BCUT2D eigenvalue weighted by molar-refractivity contribution is 5.82. The molecular weight excluding hydrogens is 269 g/mol. The second-order valence-electron chi connectivity index (χ2n) is 4.94. The maximum absolute atomic E-state index is 13.8. The molecule has 1 aromatic carbocycles. The van der Waals surface area contributed by atoms with Crippen molar-refractivity contribution in [1.82, 2.24) is 20.0 Å². The summed E-state index contributed by atoms with van der Waals surface area (Å²) in [5.41, 5.74) is 8.30. The molecule has 0 amide bonds. The molecule has 2 heterocycles. The van der Waals surface area contributed by atoms with Crippen LogP contribution in [0.4, 0.5) is 10.2 Å². The lowest BCUT2D eigenvalue weighted by molar-refractivity contribution is 0.612. The lowest BCUT2D eigenvalue weighted by Gasteiger charge is -2.09. The molecule has 3 aromatic rings. The van der Waals surface area contributed by atoms with Gasteiger partial charge in [0.2, 0.25) is 0 Å². The number of rotatable bonds is 4. The first kappa shape index (κ1) is 13.5. The third-order valence-corrected chi connectivity index (χ3v) is 3.47. The molecule has 5 nitrogen and oxygen atoms in total. The van der Waals surface area contributed by atoms with E-state index in [0.717, 1.165) is 24.1 Å². The van der Waals surface area contributed by atoms with Gasteiger partial charge in [-0.2, -0.15) is 0 Å². The predicted octanol–water partition coefficient (Wildman–Crippen LogP) is 2.55. The number of anilines is 1. The van der Waals surface area contributed by atoms with Crippen LogP contribution < -0.4 is 5.73 Å². The summed E-state index contributed by atoms with van der Waals surface area (Å²) in [6.45, 7) is 2.55. The van der Waals surface area contributed by atoms with Gasteiger partial charge in [0.05, 0.1) is 17.8 Å². The van der Waals surface area contributed by atoms with Crippen LogP contribution in [0, 0.1) is 5.82 Å². The van der Waals surface area contributed by atoms with Gasteiger partial charge < -0.3 is 5.73 Å². The minimum atomic E-state index is -0.270. The fourth-order valence-electron chi connectivity index (χ4n) is 2.45. The van der Waals surface area contributed by atoms with Crippen LogP contribution in [0.25, 0.3) is 10.9 Å². The fourth-order valence-corrected chi connectivity index (χ4v) is 2.45. The monoisotopic (exact) mass is 285 g/mol. The van der Waals surface area contributed by atoms with E-state index in [1.54, 1.807) is 29.1 Å². The number of nitrogens with two attached hydrogens (primary N) is 1. The van der Waals surface area contributed by atoms with Crippen molar-refractivity contribution in [2.45, 2.75) is 26.3 Å². The maximum atomic E-state index is 13.8. The average molecular weight is 285 g/mol. The molecule has 0 saturated carbocycles. The third-order valence-electron chi connectivity index (χ3n) is 3.47. The van der Waals surface area contributed by atoms with Gasteiger partial charge in [0, 0.05) is 17.1 Å². The minimum Gasteiger partial charge on any atom is -0.381 e. The van der Waals surface area contributed by atoms with Gasteiger partial charge >= 0.3 is 0 Å². The summed E-state index contributed by atoms with van der Waals surface area (Å²) >= 11 is 0.